The van der Waals surface area contributed by atoms with Gasteiger partial charge in [-0.3, -0.25) is 9.89 Å². The monoisotopic (exact) mass is 319 g/mol. The lowest BCUT2D eigenvalue weighted by molar-refractivity contribution is 0.148. The number of hydrogen-bond acceptors (Lipinski definition) is 3. The predicted octanol–water partition coefficient (Wildman–Crippen LogP) is 3.85. The van der Waals surface area contributed by atoms with Gasteiger partial charge in [0.25, 0.3) is 0 Å². The second-order valence-corrected chi connectivity index (χ2v) is 6.30. The Morgan fingerprint density at radius 2 is 1.75 bits per heavy atom. The van der Waals surface area contributed by atoms with Gasteiger partial charge in [0, 0.05) is 38.9 Å². The van der Waals surface area contributed by atoms with Gasteiger partial charge in [0.2, 0.25) is 0 Å². The van der Waals surface area contributed by atoms with E-state index in [-0.39, 0.29) is 0 Å². The molecule has 0 spiro atoms. The number of benzene rings is 2. The van der Waals surface area contributed by atoms with E-state index in [1.807, 2.05) is 30.5 Å². The van der Waals surface area contributed by atoms with Crippen molar-refractivity contribution < 1.29 is 0 Å². The van der Waals surface area contributed by atoms with Crippen molar-refractivity contribution in [2.75, 3.05) is 33.2 Å². The van der Waals surface area contributed by atoms with Gasteiger partial charge >= 0.3 is 0 Å². The van der Waals surface area contributed by atoms with Gasteiger partial charge < -0.3 is 4.90 Å². The normalized spacial score (nSPS) is 17.0. The van der Waals surface area contributed by atoms with Gasteiger partial charge in [-0.2, -0.15) is 0 Å². The first kappa shape index (κ1) is 16.6. The van der Waals surface area contributed by atoms with Gasteiger partial charge in [-0.15, -0.1) is 0 Å². The molecule has 0 bridgehead atoms. The summed E-state index contributed by atoms with van der Waals surface area (Å²) in [5.41, 5.74) is 3.54. The van der Waals surface area contributed by atoms with E-state index in [2.05, 4.69) is 64.3 Å². The highest BCUT2D eigenvalue weighted by Gasteiger charge is 2.13. The number of nitrogens with zero attached hydrogens (tertiary/aromatic N) is 3. The highest BCUT2D eigenvalue weighted by atomic mass is 15.2. The van der Waals surface area contributed by atoms with E-state index in [9.17, 15) is 0 Å². The van der Waals surface area contributed by atoms with Crippen molar-refractivity contribution in [3.8, 4) is 0 Å². The maximum absolute atomic E-state index is 4.55. The average Bonchev–Trinajstić information content (AvgIpc) is 2.62. The summed E-state index contributed by atoms with van der Waals surface area (Å²) in [5, 5.41) is 0. The fourth-order valence-corrected chi connectivity index (χ4v) is 2.85. The predicted molar refractivity (Wildman–Crippen MR) is 103 cm³/mol. The molecular weight excluding hydrogens is 294 g/mol. The molecule has 0 radical (unpaired) electrons. The minimum absolute atomic E-state index is 1.01. The molecule has 2 aromatic carbocycles. The highest BCUT2D eigenvalue weighted by Crippen LogP contribution is 2.16. The lowest BCUT2D eigenvalue weighted by atomic mass is 10.1. The van der Waals surface area contributed by atoms with Crippen LogP contribution in [0.5, 0.6) is 0 Å². The summed E-state index contributed by atoms with van der Waals surface area (Å²) < 4.78 is 0. The van der Waals surface area contributed by atoms with Crippen LogP contribution in [0.25, 0.3) is 6.08 Å². The number of piperazine rings is 1. The van der Waals surface area contributed by atoms with Gasteiger partial charge in [-0.1, -0.05) is 48.5 Å². The van der Waals surface area contributed by atoms with E-state index in [0.717, 1.165) is 38.4 Å². The van der Waals surface area contributed by atoms with Gasteiger partial charge in [0.1, 0.15) is 0 Å². The van der Waals surface area contributed by atoms with E-state index in [4.69, 9.17) is 0 Å². The van der Waals surface area contributed by atoms with Crippen LogP contribution in [0.3, 0.4) is 0 Å². The lowest BCUT2D eigenvalue weighted by Gasteiger charge is -2.32. The maximum atomic E-state index is 4.55. The lowest BCUT2D eigenvalue weighted by Crippen LogP contribution is -2.43. The van der Waals surface area contributed by atoms with E-state index in [1.165, 1.54) is 11.1 Å². The minimum atomic E-state index is 1.01. The van der Waals surface area contributed by atoms with Gasteiger partial charge in [-0.25, -0.2) is 0 Å². The molecule has 3 nitrogen and oxygen atoms in total. The van der Waals surface area contributed by atoms with Crippen LogP contribution in [0.1, 0.15) is 11.1 Å². The second kappa shape index (κ2) is 8.57. The zero-order valence-electron chi connectivity index (χ0n) is 14.3. The van der Waals surface area contributed by atoms with Crippen molar-refractivity contribution in [2.45, 2.75) is 6.54 Å². The van der Waals surface area contributed by atoms with Crippen LogP contribution in [-0.4, -0.2) is 49.2 Å². The third kappa shape index (κ3) is 5.15. The standard InChI is InChI=1S/C21H25N3/c1-23-13-15-24(16-14-23)18-20-9-5-11-21(17-20)22-12-6-10-19-7-3-2-4-8-19/h2-12,17H,13-16,18H2,1H3/b10-6+,22-12?. The second-order valence-electron chi connectivity index (χ2n) is 6.30. The van der Waals surface area contributed by atoms with E-state index in [1.54, 1.807) is 0 Å². The maximum Gasteiger partial charge on any atom is 0.0632 e. The van der Waals surface area contributed by atoms with Crippen molar-refractivity contribution in [1.29, 1.82) is 0 Å². The number of aliphatic imine (C=N–C) groups is 1. The molecule has 1 aliphatic heterocycles. The summed E-state index contributed by atoms with van der Waals surface area (Å²) in [6.07, 6.45) is 5.92. The Hall–Kier alpha value is -2.23. The number of likely N-dealkylation sites (N-methyl/N-ethyl adjacent to an activating group) is 1. The molecule has 1 saturated heterocycles. The largest absolute Gasteiger partial charge is 0.304 e. The van der Waals surface area contributed by atoms with E-state index >= 15 is 0 Å². The van der Waals surface area contributed by atoms with Crippen LogP contribution in [0, 0.1) is 0 Å². The van der Waals surface area contributed by atoms with Gasteiger partial charge in [-0.05, 0) is 36.4 Å². The van der Waals surface area contributed by atoms with Crippen molar-refractivity contribution in [2.24, 2.45) is 4.99 Å². The topological polar surface area (TPSA) is 18.8 Å². The molecule has 1 heterocycles. The summed E-state index contributed by atoms with van der Waals surface area (Å²) in [6.45, 7) is 5.61. The Balaban J connectivity index is 1.57. The Kier molecular flexibility index (Phi) is 5.94. The van der Waals surface area contributed by atoms with Gasteiger partial charge in [0.05, 0.1) is 5.69 Å². The zero-order chi connectivity index (χ0) is 16.6. The molecule has 24 heavy (non-hydrogen) atoms. The molecule has 1 fully saturated rings. The Morgan fingerprint density at radius 1 is 0.958 bits per heavy atom. The smallest absolute Gasteiger partial charge is 0.0632 e. The highest BCUT2D eigenvalue weighted by molar-refractivity contribution is 5.80. The molecule has 2 aromatic rings. The molecule has 0 amide bonds. The van der Waals surface area contributed by atoms with Gasteiger partial charge in [0.15, 0.2) is 0 Å². The van der Waals surface area contributed by atoms with Crippen molar-refractivity contribution in [3.63, 3.8) is 0 Å². The molecule has 0 aromatic heterocycles. The molecule has 3 heteroatoms. The summed E-state index contributed by atoms with van der Waals surface area (Å²) in [6, 6.07) is 18.8. The Morgan fingerprint density at radius 3 is 2.54 bits per heavy atom. The molecule has 0 atom stereocenters. The van der Waals surface area contributed by atoms with Crippen LogP contribution in [0.15, 0.2) is 65.7 Å². The van der Waals surface area contributed by atoms with Crippen LogP contribution in [-0.2, 0) is 6.54 Å². The molecule has 3 rings (SSSR count). The van der Waals surface area contributed by atoms with Crippen molar-refractivity contribution in [1.82, 2.24) is 9.80 Å². The third-order valence-electron chi connectivity index (χ3n) is 4.31. The van der Waals surface area contributed by atoms with Crippen molar-refractivity contribution >= 4 is 18.0 Å². The van der Waals surface area contributed by atoms with Crippen molar-refractivity contribution in [3.05, 3.63) is 71.8 Å². The summed E-state index contributed by atoms with van der Waals surface area (Å²) in [5.74, 6) is 0. The summed E-state index contributed by atoms with van der Waals surface area (Å²) >= 11 is 0. The van der Waals surface area contributed by atoms with Crippen LogP contribution >= 0.6 is 0 Å². The molecule has 0 saturated carbocycles. The van der Waals surface area contributed by atoms with E-state index in [0.29, 0.717) is 0 Å². The molecular formula is C21H25N3. The molecule has 1 aliphatic rings. The van der Waals surface area contributed by atoms with Crippen LogP contribution in [0.2, 0.25) is 0 Å². The minimum Gasteiger partial charge on any atom is -0.304 e. The van der Waals surface area contributed by atoms with Crippen LogP contribution in [0.4, 0.5) is 5.69 Å². The molecule has 0 N–H and O–H groups in total. The Bertz CT molecular complexity index is 683. The molecule has 0 unspecified atom stereocenters. The first-order chi connectivity index (χ1) is 11.8. The quantitative estimate of drug-likeness (QED) is 0.780. The Labute approximate surface area is 144 Å². The van der Waals surface area contributed by atoms with E-state index < -0.39 is 0 Å². The first-order valence-electron chi connectivity index (χ1n) is 8.55. The van der Waals surface area contributed by atoms with Crippen LogP contribution < -0.4 is 0 Å². The average molecular weight is 319 g/mol. The summed E-state index contributed by atoms with van der Waals surface area (Å²) in [7, 11) is 2.19. The first-order valence-corrected chi connectivity index (χ1v) is 8.55. The SMILES string of the molecule is CN1CCN(Cc2cccc(N=C/C=C/c3ccccc3)c2)CC1. The third-order valence-corrected chi connectivity index (χ3v) is 4.31. The number of hydrogen-bond donors (Lipinski definition) is 0. The molecule has 0 aliphatic carbocycles. The summed E-state index contributed by atoms with van der Waals surface area (Å²) in [4.78, 5) is 9.45. The molecule has 124 valence electrons. The number of rotatable bonds is 5. The fourth-order valence-electron chi connectivity index (χ4n) is 2.85. The fraction of sp³-hybridized carbons (Fsp3) is 0.286. The number of allylic oxidation sites excluding steroid dienone is 1. The zero-order valence-corrected chi connectivity index (χ0v) is 14.3.